The number of benzene rings is 4. The minimum absolute atomic E-state index is 0. The molecule has 2 N–H and O–H groups in total. The number of phenolic OH excluding ortho intramolecular Hbond substituents is 2. The van der Waals surface area contributed by atoms with Crippen LogP contribution in [0.15, 0.2) is 97.6 Å². The third-order valence-corrected chi connectivity index (χ3v) is 7.38. The van der Waals surface area contributed by atoms with E-state index in [-0.39, 0.29) is 28.6 Å². The van der Waals surface area contributed by atoms with Crippen LogP contribution in [0.25, 0.3) is 0 Å². The summed E-state index contributed by atoms with van der Waals surface area (Å²) in [4.78, 5) is 8.04. The number of phenols is 2. The molecule has 4 aromatic rings. The van der Waals surface area contributed by atoms with Gasteiger partial charge in [0.2, 0.25) is 0 Å². The number of anilines is 4. The molecule has 0 atom stereocenters. The third kappa shape index (κ3) is 6.85. The second kappa shape index (κ2) is 13.3. The predicted octanol–water partition coefficient (Wildman–Crippen LogP) is 8.47. The van der Waals surface area contributed by atoms with Crippen molar-refractivity contribution < 1.29 is 27.3 Å². The van der Waals surface area contributed by atoms with Gasteiger partial charge in [-0.3, -0.25) is 0 Å². The topological polar surface area (TPSA) is 53.4 Å². The number of hydrogen-bond donors (Lipinski definition) is 2. The van der Waals surface area contributed by atoms with Crippen LogP contribution >= 0.6 is 0 Å². The van der Waals surface area contributed by atoms with Gasteiger partial charge in [-0.2, -0.15) is 0 Å². The summed E-state index contributed by atoms with van der Waals surface area (Å²) in [5.41, 5.74) is 11.4. The van der Waals surface area contributed by atoms with Gasteiger partial charge in [-0.25, -0.2) is 0 Å². The van der Waals surface area contributed by atoms with Gasteiger partial charge in [0.15, 0.2) is 0 Å². The van der Waals surface area contributed by atoms with Gasteiger partial charge in [-0.05, 0) is 113 Å². The van der Waals surface area contributed by atoms with Crippen LogP contribution in [0.3, 0.4) is 0 Å². The van der Waals surface area contributed by atoms with Crippen molar-refractivity contribution in [2.24, 2.45) is 0 Å². The van der Waals surface area contributed by atoms with Gasteiger partial charge < -0.3 is 29.8 Å². The SMILES string of the molecule is Cc1cc(C)c(N2C=CN(c3ccccc3O)[CH-]2)c(C)c1.Cc1cc(C)c(N2C=CN(c3ccccc3O)[CH-]2)c(C)c1.[Fe+2]. The van der Waals surface area contributed by atoms with Crippen LogP contribution in [0.5, 0.6) is 11.5 Å². The third-order valence-electron chi connectivity index (χ3n) is 7.38. The van der Waals surface area contributed by atoms with E-state index < -0.39 is 0 Å². The summed E-state index contributed by atoms with van der Waals surface area (Å²) in [6.07, 6.45) is 7.93. The first-order valence-corrected chi connectivity index (χ1v) is 14.0. The van der Waals surface area contributed by atoms with Crippen molar-refractivity contribution in [1.82, 2.24) is 0 Å². The van der Waals surface area contributed by atoms with Crippen molar-refractivity contribution in [3.8, 4) is 11.5 Å². The molecule has 43 heavy (non-hydrogen) atoms. The summed E-state index contributed by atoms with van der Waals surface area (Å²) < 4.78 is 0. The Morgan fingerprint density at radius 3 is 1.09 bits per heavy atom. The van der Waals surface area contributed by atoms with Crippen molar-refractivity contribution in [1.29, 1.82) is 0 Å². The Labute approximate surface area is 266 Å². The van der Waals surface area contributed by atoms with E-state index in [2.05, 4.69) is 75.6 Å². The zero-order valence-corrected chi connectivity index (χ0v) is 26.5. The molecule has 2 heterocycles. The largest absolute Gasteiger partial charge is 2.00 e. The van der Waals surface area contributed by atoms with Gasteiger partial charge in [0.1, 0.15) is 11.5 Å². The molecular formula is C36H38FeN4O2. The van der Waals surface area contributed by atoms with Crippen LogP contribution in [0, 0.1) is 54.9 Å². The predicted molar refractivity (Wildman–Crippen MR) is 174 cm³/mol. The van der Waals surface area contributed by atoms with Gasteiger partial charge in [0.05, 0.1) is 11.4 Å². The molecule has 0 aromatic heterocycles. The smallest absolute Gasteiger partial charge is 0.506 e. The van der Waals surface area contributed by atoms with Gasteiger partial charge in [-0.1, -0.05) is 59.7 Å². The summed E-state index contributed by atoms with van der Waals surface area (Å²) in [6.45, 7) is 16.7. The van der Waals surface area contributed by atoms with Crippen molar-refractivity contribution >= 4 is 22.7 Å². The molecule has 222 valence electrons. The number of rotatable bonds is 4. The fourth-order valence-electron chi connectivity index (χ4n) is 5.78. The number of hydrogen-bond acceptors (Lipinski definition) is 6. The molecule has 0 aliphatic carbocycles. The summed E-state index contributed by atoms with van der Waals surface area (Å²) in [7, 11) is 0. The molecule has 0 amide bonds. The molecule has 0 saturated heterocycles. The summed E-state index contributed by atoms with van der Waals surface area (Å²) in [6, 6.07) is 23.4. The Morgan fingerprint density at radius 2 is 0.767 bits per heavy atom. The summed E-state index contributed by atoms with van der Waals surface area (Å²) >= 11 is 0. The summed E-state index contributed by atoms with van der Waals surface area (Å²) in [5, 5.41) is 19.9. The van der Waals surface area contributed by atoms with E-state index in [0.717, 1.165) is 11.4 Å². The molecule has 4 aromatic carbocycles. The van der Waals surface area contributed by atoms with Crippen molar-refractivity contribution in [3.05, 3.63) is 144 Å². The fourth-order valence-corrected chi connectivity index (χ4v) is 5.78. The Bertz CT molecular complexity index is 1500. The molecular weight excluding hydrogens is 576 g/mol. The van der Waals surface area contributed by atoms with E-state index in [1.807, 2.05) is 84.3 Å². The molecule has 6 nitrogen and oxygen atoms in total. The minimum Gasteiger partial charge on any atom is -0.506 e. The molecule has 6 rings (SSSR count). The zero-order chi connectivity index (χ0) is 30.0. The fraction of sp³-hybridized carbons (Fsp3) is 0.167. The van der Waals surface area contributed by atoms with Gasteiger partial charge >= 0.3 is 17.1 Å². The van der Waals surface area contributed by atoms with Gasteiger partial charge in [0, 0.05) is 11.4 Å². The first-order chi connectivity index (χ1) is 20.1. The first kappa shape index (κ1) is 31.6. The van der Waals surface area contributed by atoms with Crippen LogP contribution in [0.4, 0.5) is 22.7 Å². The molecule has 2 aliphatic heterocycles. The molecule has 0 fully saturated rings. The quantitative estimate of drug-likeness (QED) is 0.178. The van der Waals surface area contributed by atoms with Crippen molar-refractivity contribution in [2.45, 2.75) is 41.5 Å². The van der Waals surface area contributed by atoms with E-state index in [1.54, 1.807) is 12.1 Å². The van der Waals surface area contributed by atoms with Crippen LogP contribution in [-0.4, -0.2) is 10.2 Å². The first-order valence-electron chi connectivity index (χ1n) is 14.0. The minimum atomic E-state index is 0. The van der Waals surface area contributed by atoms with Crippen LogP contribution in [0.2, 0.25) is 0 Å². The van der Waals surface area contributed by atoms with Crippen LogP contribution in [-0.2, 0) is 17.1 Å². The Hall–Kier alpha value is -4.32. The van der Waals surface area contributed by atoms with E-state index in [4.69, 9.17) is 0 Å². The second-order valence-electron chi connectivity index (χ2n) is 10.9. The van der Waals surface area contributed by atoms with Gasteiger partial charge in [-0.15, -0.1) is 13.3 Å². The maximum Gasteiger partial charge on any atom is 2.00 e. The van der Waals surface area contributed by atoms with Crippen LogP contribution < -0.4 is 19.6 Å². The van der Waals surface area contributed by atoms with E-state index in [0.29, 0.717) is 0 Å². The normalized spacial score (nSPS) is 13.7. The standard InChI is InChI=1S/2C18H19N2O.Fe/c2*1-13-10-14(2)18(15(3)11-13)20-9-8-19(12-20)16-6-4-5-7-17(16)21;/h2*4-12,21H,1-3H3;/q2*-1;+2. The molecule has 0 unspecified atom stereocenters. The number of nitrogens with zero attached hydrogens (tertiary/aromatic N) is 4. The molecule has 0 bridgehead atoms. The van der Waals surface area contributed by atoms with Gasteiger partial charge in [0.25, 0.3) is 0 Å². The maximum atomic E-state index is 9.96. The molecule has 0 saturated carbocycles. The zero-order valence-electron chi connectivity index (χ0n) is 25.4. The van der Waals surface area contributed by atoms with Crippen molar-refractivity contribution in [3.63, 3.8) is 0 Å². The molecule has 2 aliphatic rings. The van der Waals surface area contributed by atoms with E-state index in [1.165, 1.54) is 44.8 Å². The number of aromatic hydroxyl groups is 2. The maximum absolute atomic E-state index is 9.96. The molecule has 0 radical (unpaired) electrons. The van der Waals surface area contributed by atoms with Crippen LogP contribution in [0.1, 0.15) is 33.4 Å². The average molecular weight is 615 g/mol. The van der Waals surface area contributed by atoms with E-state index >= 15 is 0 Å². The Kier molecular flexibility index (Phi) is 9.80. The molecule has 0 spiro atoms. The average Bonchev–Trinajstić information content (AvgIpc) is 3.59. The molecule has 7 heteroatoms. The summed E-state index contributed by atoms with van der Waals surface area (Å²) in [5.74, 6) is 0.551. The monoisotopic (exact) mass is 614 g/mol. The Morgan fingerprint density at radius 1 is 0.465 bits per heavy atom. The Balaban J connectivity index is 0.000000192. The number of aryl methyl sites for hydroxylation is 6. The number of para-hydroxylation sites is 4. The second-order valence-corrected chi connectivity index (χ2v) is 10.9. The van der Waals surface area contributed by atoms with Crippen molar-refractivity contribution in [2.75, 3.05) is 19.6 Å². The van der Waals surface area contributed by atoms with E-state index in [9.17, 15) is 10.2 Å².